The Morgan fingerprint density at radius 1 is 0.865 bits per heavy atom. The first kappa shape index (κ1) is 26.3. The smallest absolute Gasteiger partial charge is 0.243 e. The molecule has 194 valence electrons. The molecule has 0 bridgehead atoms. The number of benzene rings is 3. The van der Waals surface area contributed by atoms with E-state index in [1.807, 2.05) is 78.9 Å². The van der Waals surface area contributed by atoms with Gasteiger partial charge in [0.1, 0.15) is 19.3 Å². The molecule has 1 aliphatic rings. The molecule has 1 aliphatic heterocycles. The second kappa shape index (κ2) is 13.5. The minimum absolute atomic E-state index is 0.0506. The van der Waals surface area contributed by atoms with Crippen LogP contribution in [0.2, 0.25) is 0 Å². The lowest BCUT2D eigenvalue weighted by atomic mass is 10.0. The largest absolute Gasteiger partial charge is 0.486 e. The number of amides is 2. The third-order valence-electron chi connectivity index (χ3n) is 6.53. The van der Waals surface area contributed by atoms with E-state index in [9.17, 15) is 9.59 Å². The number of rotatable bonds is 12. The van der Waals surface area contributed by atoms with Crippen LogP contribution in [0.1, 0.15) is 42.9 Å². The lowest BCUT2D eigenvalue weighted by Crippen LogP contribution is -2.50. The normalized spacial score (nSPS) is 13.0. The summed E-state index contributed by atoms with van der Waals surface area (Å²) >= 11 is 0. The predicted octanol–water partition coefficient (Wildman–Crippen LogP) is 4.95. The maximum Gasteiger partial charge on any atom is 0.243 e. The van der Waals surface area contributed by atoms with Gasteiger partial charge in [-0.15, -0.1) is 0 Å². The molecule has 0 saturated heterocycles. The molecule has 0 unspecified atom stereocenters. The van der Waals surface area contributed by atoms with Crippen molar-refractivity contribution in [2.24, 2.45) is 0 Å². The maximum atomic E-state index is 13.8. The summed E-state index contributed by atoms with van der Waals surface area (Å²) in [5, 5.41) is 3.07. The second-order valence-corrected chi connectivity index (χ2v) is 9.34. The fourth-order valence-electron chi connectivity index (χ4n) is 4.48. The van der Waals surface area contributed by atoms with Gasteiger partial charge in [0, 0.05) is 25.9 Å². The van der Waals surface area contributed by atoms with E-state index >= 15 is 0 Å². The van der Waals surface area contributed by atoms with E-state index in [0.29, 0.717) is 45.6 Å². The van der Waals surface area contributed by atoms with Crippen LogP contribution in [0.5, 0.6) is 11.5 Å². The van der Waals surface area contributed by atoms with Crippen LogP contribution < -0.4 is 14.8 Å². The summed E-state index contributed by atoms with van der Waals surface area (Å²) < 4.78 is 11.3. The van der Waals surface area contributed by atoms with E-state index in [1.165, 1.54) is 0 Å². The number of carbonyl (C=O) groups excluding carboxylic acids is 2. The first-order valence-corrected chi connectivity index (χ1v) is 13.2. The Morgan fingerprint density at radius 2 is 1.54 bits per heavy atom. The van der Waals surface area contributed by atoms with Crippen LogP contribution in [-0.4, -0.2) is 42.5 Å². The number of unbranched alkanes of at least 4 members (excludes halogenated alkanes) is 1. The van der Waals surface area contributed by atoms with E-state index in [1.54, 1.807) is 4.90 Å². The van der Waals surface area contributed by atoms with Gasteiger partial charge >= 0.3 is 0 Å². The molecule has 3 aromatic carbocycles. The van der Waals surface area contributed by atoms with Gasteiger partial charge < -0.3 is 19.7 Å². The summed E-state index contributed by atoms with van der Waals surface area (Å²) in [6, 6.07) is 25.0. The zero-order valence-electron chi connectivity index (χ0n) is 21.5. The van der Waals surface area contributed by atoms with Gasteiger partial charge in [0.05, 0.1) is 0 Å². The minimum atomic E-state index is -0.604. The lowest BCUT2D eigenvalue weighted by molar-refractivity contribution is -0.141. The highest BCUT2D eigenvalue weighted by Crippen LogP contribution is 2.31. The number of hydrogen-bond donors (Lipinski definition) is 1. The van der Waals surface area contributed by atoms with Gasteiger partial charge in [0.2, 0.25) is 11.8 Å². The van der Waals surface area contributed by atoms with Crippen molar-refractivity contribution in [2.45, 2.75) is 51.6 Å². The molecule has 1 atom stereocenters. The van der Waals surface area contributed by atoms with Crippen molar-refractivity contribution < 1.29 is 19.1 Å². The molecule has 0 aromatic heterocycles. The predicted molar refractivity (Wildman–Crippen MR) is 145 cm³/mol. The Kier molecular flexibility index (Phi) is 9.58. The summed E-state index contributed by atoms with van der Waals surface area (Å²) in [7, 11) is 0. The number of hydrogen-bond acceptors (Lipinski definition) is 4. The van der Waals surface area contributed by atoms with E-state index < -0.39 is 6.04 Å². The molecule has 0 fully saturated rings. The monoisotopic (exact) mass is 500 g/mol. The summed E-state index contributed by atoms with van der Waals surface area (Å²) in [6.07, 6.45) is 3.20. The molecule has 0 radical (unpaired) electrons. The Labute approximate surface area is 219 Å². The van der Waals surface area contributed by atoms with Crippen molar-refractivity contribution in [1.29, 1.82) is 0 Å². The van der Waals surface area contributed by atoms with Crippen LogP contribution in [-0.2, 0) is 29.0 Å². The van der Waals surface area contributed by atoms with Gasteiger partial charge in [-0.2, -0.15) is 0 Å². The third-order valence-corrected chi connectivity index (χ3v) is 6.53. The van der Waals surface area contributed by atoms with Crippen LogP contribution in [0.25, 0.3) is 0 Å². The summed E-state index contributed by atoms with van der Waals surface area (Å²) in [6.45, 7) is 4.14. The van der Waals surface area contributed by atoms with Crippen molar-refractivity contribution in [1.82, 2.24) is 10.2 Å². The molecule has 1 heterocycles. The van der Waals surface area contributed by atoms with E-state index in [4.69, 9.17) is 9.47 Å². The van der Waals surface area contributed by atoms with Crippen LogP contribution in [0.15, 0.2) is 78.9 Å². The van der Waals surface area contributed by atoms with Gasteiger partial charge in [-0.05, 0) is 41.7 Å². The maximum absolute atomic E-state index is 13.8. The first-order valence-electron chi connectivity index (χ1n) is 13.2. The minimum Gasteiger partial charge on any atom is -0.486 e. The number of aryl methyl sites for hydroxylation is 1. The Bertz CT molecular complexity index is 1150. The molecular weight excluding hydrogens is 464 g/mol. The standard InChI is InChI=1S/C31H36N2O4/c1-2-3-18-32-31(35)27(21-24-10-6-4-7-11-24)33(23-26-12-8-5-9-13-26)30(34)17-15-25-14-16-28-29(22-25)37-20-19-36-28/h4-14,16,22,27H,2-3,15,17-21,23H2,1H3,(H,32,35)/t27-/m0/s1. The highest BCUT2D eigenvalue weighted by Gasteiger charge is 2.30. The quantitative estimate of drug-likeness (QED) is 0.358. The summed E-state index contributed by atoms with van der Waals surface area (Å²) in [4.78, 5) is 29.0. The zero-order valence-corrected chi connectivity index (χ0v) is 21.5. The second-order valence-electron chi connectivity index (χ2n) is 9.34. The molecule has 3 aromatic rings. The summed E-state index contributed by atoms with van der Waals surface area (Å²) in [5.74, 6) is 1.29. The Hall–Kier alpha value is -3.80. The Balaban J connectivity index is 1.55. The van der Waals surface area contributed by atoms with Crippen molar-refractivity contribution in [2.75, 3.05) is 19.8 Å². The van der Waals surface area contributed by atoms with Gasteiger partial charge in [-0.1, -0.05) is 80.1 Å². The number of carbonyl (C=O) groups is 2. The van der Waals surface area contributed by atoms with Crippen LogP contribution >= 0.6 is 0 Å². The fraction of sp³-hybridized carbons (Fsp3) is 0.355. The highest BCUT2D eigenvalue weighted by atomic mass is 16.6. The van der Waals surface area contributed by atoms with Gasteiger partial charge in [0.25, 0.3) is 0 Å². The van der Waals surface area contributed by atoms with Crippen LogP contribution in [0.3, 0.4) is 0 Å². The molecule has 1 N–H and O–H groups in total. The van der Waals surface area contributed by atoms with E-state index in [-0.39, 0.29) is 11.8 Å². The number of ether oxygens (including phenoxy) is 2. The van der Waals surface area contributed by atoms with Gasteiger partial charge in [0.15, 0.2) is 11.5 Å². The zero-order chi connectivity index (χ0) is 25.9. The molecule has 6 heteroatoms. The van der Waals surface area contributed by atoms with E-state index in [0.717, 1.165) is 41.0 Å². The summed E-state index contributed by atoms with van der Waals surface area (Å²) in [5.41, 5.74) is 3.02. The highest BCUT2D eigenvalue weighted by molar-refractivity contribution is 5.88. The van der Waals surface area contributed by atoms with Crippen LogP contribution in [0.4, 0.5) is 0 Å². The van der Waals surface area contributed by atoms with Crippen molar-refractivity contribution >= 4 is 11.8 Å². The topological polar surface area (TPSA) is 67.9 Å². The van der Waals surface area contributed by atoms with Crippen LogP contribution in [0, 0.1) is 0 Å². The molecule has 0 spiro atoms. The van der Waals surface area contributed by atoms with Gasteiger partial charge in [-0.25, -0.2) is 0 Å². The molecular formula is C31H36N2O4. The first-order chi connectivity index (χ1) is 18.1. The Morgan fingerprint density at radius 3 is 2.24 bits per heavy atom. The van der Waals surface area contributed by atoms with E-state index in [2.05, 4.69) is 12.2 Å². The number of nitrogens with zero attached hydrogens (tertiary/aromatic N) is 1. The number of fused-ring (bicyclic) bond motifs is 1. The number of nitrogens with one attached hydrogen (secondary N) is 1. The fourth-order valence-corrected chi connectivity index (χ4v) is 4.48. The van der Waals surface area contributed by atoms with Crippen molar-refractivity contribution in [3.8, 4) is 11.5 Å². The average Bonchev–Trinajstić information content (AvgIpc) is 2.94. The van der Waals surface area contributed by atoms with Crippen molar-refractivity contribution in [3.05, 3.63) is 95.6 Å². The average molecular weight is 501 g/mol. The van der Waals surface area contributed by atoms with Crippen molar-refractivity contribution in [3.63, 3.8) is 0 Å². The lowest BCUT2D eigenvalue weighted by Gasteiger charge is -2.32. The molecule has 37 heavy (non-hydrogen) atoms. The molecule has 4 rings (SSSR count). The third kappa shape index (κ3) is 7.59. The van der Waals surface area contributed by atoms with Gasteiger partial charge in [-0.3, -0.25) is 9.59 Å². The molecule has 0 saturated carbocycles. The SMILES string of the molecule is CCCCNC(=O)[C@H](Cc1ccccc1)N(Cc1ccccc1)C(=O)CCc1ccc2c(c1)OCCO2. The molecule has 6 nitrogen and oxygen atoms in total. The molecule has 0 aliphatic carbocycles. The molecule has 2 amide bonds.